The van der Waals surface area contributed by atoms with Crippen molar-refractivity contribution in [2.45, 2.75) is 19.8 Å². The second kappa shape index (κ2) is 5.63. The van der Waals surface area contributed by atoms with Crippen LogP contribution in [0.1, 0.15) is 27.2 Å². The zero-order chi connectivity index (χ0) is 12.1. The van der Waals surface area contributed by atoms with Crippen LogP contribution in [0.4, 0.5) is 0 Å². The van der Waals surface area contributed by atoms with Gasteiger partial charge in [0.2, 0.25) is 0 Å². The van der Waals surface area contributed by atoms with Crippen LogP contribution in [-0.2, 0) is 6.42 Å². The zero-order valence-electron chi connectivity index (χ0n) is 9.60. The zero-order valence-corrected chi connectivity index (χ0v) is 10.4. The lowest BCUT2D eigenvalue weighted by Crippen LogP contribution is -2.23. The number of carbonyl (C=O) groups is 1. The van der Waals surface area contributed by atoms with E-state index in [-0.39, 0.29) is 5.91 Å². The molecule has 0 aliphatic carbocycles. The molecule has 1 N–H and O–H groups in total. The summed E-state index contributed by atoms with van der Waals surface area (Å²) in [5.74, 6) is 0.00780. The number of amides is 1. The monoisotopic (exact) mass is 250 g/mol. The molecule has 4 nitrogen and oxygen atoms in total. The highest BCUT2D eigenvalue weighted by Crippen LogP contribution is 2.13. The molecule has 0 atom stereocenters. The first-order valence-corrected chi connectivity index (χ1v) is 6.35. The number of hydrogen-bond donors (Lipinski definition) is 1. The first-order valence-electron chi connectivity index (χ1n) is 5.47. The lowest BCUT2D eigenvalue weighted by atomic mass is 10.2. The van der Waals surface area contributed by atoms with Gasteiger partial charge in [0.1, 0.15) is 6.26 Å². The Morgan fingerprint density at radius 1 is 1.59 bits per heavy atom. The van der Waals surface area contributed by atoms with Gasteiger partial charge in [-0.3, -0.25) is 4.79 Å². The average Bonchev–Trinajstić information content (AvgIpc) is 2.95. The fourth-order valence-corrected chi connectivity index (χ4v) is 2.30. The van der Waals surface area contributed by atoms with E-state index >= 15 is 0 Å². The average molecular weight is 250 g/mol. The van der Waals surface area contributed by atoms with Crippen LogP contribution in [0.25, 0.3) is 0 Å². The van der Waals surface area contributed by atoms with Crippen molar-refractivity contribution in [3.8, 4) is 0 Å². The van der Waals surface area contributed by atoms with E-state index in [0.29, 0.717) is 6.54 Å². The third kappa shape index (κ3) is 3.42. The van der Waals surface area contributed by atoms with Crippen LogP contribution in [0.2, 0.25) is 0 Å². The minimum Gasteiger partial charge on any atom is -0.364 e. The molecule has 2 aromatic rings. The minimum absolute atomic E-state index is 0.00780. The molecule has 1 amide bonds. The number of rotatable bonds is 5. The molecule has 0 saturated heterocycles. The molecule has 0 bridgehead atoms. The summed E-state index contributed by atoms with van der Waals surface area (Å²) >= 11 is 1.48. The molecule has 2 rings (SSSR count). The van der Waals surface area contributed by atoms with Crippen molar-refractivity contribution in [2.24, 2.45) is 0 Å². The molecular formula is C12H14N2O2S. The van der Waals surface area contributed by atoms with Gasteiger partial charge >= 0.3 is 0 Å². The maximum Gasteiger partial charge on any atom is 0.261 e. The van der Waals surface area contributed by atoms with Crippen molar-refractivity contribution in [1.29, 1.82) is 0 Å². The van der Waals surface area contributed by atoms with E-state index in [1.54, 1.807) is 12.5 Å². The molecule has 2 aromatic heterocycles. The molecule has 2 heterocycles. The van der Waals surface area contributed by atoms with Crippen LogP contribution in [0, 0.1) is 6.92 Å². The predicted octanol–water partition coefficient (Wildman–Crippen LogP) is 2.41. The molecule has 0 saturated carbocycles. The standard InChI is InChI=1S/C12H14N2O2S/c1-9-5-11(17-8-9)12(15)13-4-2-3-10-6-14-16-7-10/h5-8H,2-4H2,1H3,(H,13,15). The van der Waals surface area contributed by atoms with Gasteiger partial charge in [0, 0.05) is 12.1 Å². The number of aryl methyl sites for hydroxylation is 2. The van der Waals surface area contributed by atoms with Crippen molar-refractivity contribution in [1.82, 2.24) is 10.5 Å². The Morgan fingerprint density at radius 2 is 2.47 bits per heavy atom. The summed E-state index contributed by atoms with van der Waals surface area (Å²) in [7, 11) is 0. The summed E-state index contributed by atoms with van der Waals surface area (Å²) in [6, 6.07) is 1.90. The Kier molecular flexibility index (Phi) is 3.93. The number of hydrogen-bond acceptors (Lipinski definition) is 4. The second-order valence-corrected chi connectivity index (χ2v) is 4.79. The van der Waals surface area contributed by atoms with Gasteiger partial charge in [-0.05, 0) is 36.8 Å². The fraction of sp³-hybridized carbons (Fsp3) is 0.333. The maximum atomic E-state index is 11.7. The molecular weight excluding hydrogens is 236 g/mol. The Bertz CT molecular complexity index is 476. The molecule has 5 heteroatoms. The van der Waals surface area contributed by atoms with Crippen molar-refractivity contribution in [2.75, 3.05) is 6.54 Å². The van der Waals surface area contributed by atoms with E-state index < -0.39 is 0 Å². The van der Waals surface area contributed by atoms with Gasteiger partial charge in [0.15, 0.2) is 0 Å². The van der Waals surface area contributed by atoms with E-state index in [9.17, 15) is 4.79 Å². The van der Waals surface area contributed by atoms with Gasteiger partial charge in [-0.15, -0.1) is 11.3 Å². The third-order valence-corrected chi connectivity index (χ3v) is 3.41. The largest absolute Gasteiger partial charge is 0.364 e. The van der Waals surface area contributed by atoms with Crippen LogP contribution in [0.3, 0.4) is 0 Å². The molecule has 0 aliphatic rings. The molecule has 0 radical (unpaired) electrons. The highest BCUT2D eigenvalue weighted by Gasteiger charge is 2.06. The summed E-state index contributed by atoms with van der Waals surface area (Å²) in [5.41, 5.74) is 2.19. The van der Waals surface area contributed by atoms with Crippen molar-refractivity contribution < 1.29 is 9.32 Å². The smallest absolute Gasteiger partial charge is 0.261 e. The highest BCUT2D eigenvalue weighted by atomic mass is 32.1. The second-order valence-electron chi connectivity index (χ2n) is 3.88. The van der Waals surface area contributed by atoms with Gasteiger partial charge in [0.05, 0.1) is 11.1 Å². The Morgan fingerprint density at radius 3 is 3.12 bits per heavy atom. The van der Waals surface area contributed by atoms with Gasteiger partial charge < -0.3 is 9.84 Å². The molecule has 0 aliphatic heterocycles. The van der Waals surface area contributed by atoms with Crippen LogP contribution in [0.5, 0.6) is 0 Å². The number of carbonyl (C=O) groups excluding carboxylic acids is 1. The van der Waals surface area contributed by atoms with E-state index in [1.165, 1.54) is 11.3 Å². The first kappa shape index (κ1) is 11.9. The molecule has 0 aromatic carbocycles. The summed E-state index contributed by atoms with van der Waals surface area (Å²) < 4.78 is 4.73. The third-order valence-electron chi connectivity index (χ3n) is 2.37. The summed E-state index contributed by atoms with van der Waals surface area (Å²) in [5, 5.41) is 8.50. The van der Waals surface area contributed by atoms with Crippen LogP contribution < -0.4 is 5.32 Å². The van der Waals surface area contributed by atoms with Crippen LogP contribution in [0.15, 0.2) is 28.4 Å². The SMILES string of the molecule is Cc1csc(C(=O)NCCCc2cnoc2)c1. The van der Waals surface area contributed by atoms with Gasteiger partial charge in [-0.25, -0.2) is 0 Å². The van der Waals surface area contributed by atoms with E-state index in [4.69, 9.17) is 4.52 Å². The van der Waals surface area contributed by atoms with Crippen molar-refractivity contribution >= 4 is 17.2 Å². The Hall–Kier alpha value is -1.62. The van der Waals surface area contributed by atoms with Gasteiger partial charge in [-0.1, -0.05) is 5.16 Å². The summed E-state index contributed by atoms with van der Waals surface area (Å²) in [4.78, 5) is 12.5. The van der Waals surface area contributed by atoms with E-state index in [0.717, 1.165) is 28.8 Å². The van der Waals surface area contributed by atoms with Crippen molar-refractivity contribution in [3.63, 3.8) is 0 Å². The maximum absolute atomic E-state index is 11.7. The number of thiophene rings is 1. The van der Waals surface area contributed by atoms with Crippen LogP contribution in [-0.4, -0.2) is 17.6 Å². The van der Waals surface area contributed by atoms with E-state index in [1.807, 2.05) is 18.4 Å². The minimum atomic E-state index is 0.00780. The van der Waals surface area contributed by atoms with Gasteiger partial charge in [-0.2, -0.15) is 0 Å². The number of nitrogens with one attached hydrogen (secondary N) is 1. The molecule has 90 valence electrons. The lowest BCUT2D eigenvalue weighted by molar-refractivity contribution is 0.0957. The Balaban J connectivity index is 1.70. The summed E-state index contributed by atoms with van der Waals surface area (Å²) in [6.07, 6.45) is 5.08. The lowest BCUT2D eigenvalue weighted by Gasteiger charge is -2.01. The van der Waals surface area contributed by atoms with Crippen LogP contribution >= 0.6 is 11.3 Å². The number of aromatic nitrogens is 1. The highest BCUT2D eigenvalue weighted by molar-refractivity contribution is 7.12. The fourth-order valence-electron chi connectivity index (χ4n) is 1.48. The summed E-state index contributed by atoms with van der Waals surface area (Å²) in [6.45, 7) is 2.65. The molecule has 0 fully saturated rings. The Labute approximate surface area is 104 Å². The van der Waals surface area contributed by atoms with Crippen molar-refractivity contribution in [3.05, 3.63) is 39.9 Å². The molecule has 17 heavy (non-hydrogen) atoms. The van der Waals surface area contributed by atoms with Gasteiger partial charge in [0.25, 0.3) is 5.91 Å². The quantitative estimate of drug-likeness (QED) is 0.829. The predicted molar refractivity (Wildman–Crippen MR) is 66.2 cm³/mol. The molecule has 0 spiro atoms. The normalized spacial score (nSPS) is 10.4. The molecule has 0 unspecified atom stereocenters. The first-order chi connectivity index (χ1) is 8.25. The number of nitrogens with zero attached hydrogens (tertiary/aromatic N) is 1. The topological polar surface area (TPSA) is 55.1 Å². The van der Waals surface area contributed by atoms with E-state index in [2.05, 4.69) is 10.5 Å².